The second kappa shape index (κ2) is 10.6. The summed E-state index contributed by atoms with van der Waals surface area (Å²) in [6.45, 7) is -0.390. The minimum Gasteiger partial charge on any atom is -0.390 e. The van der Waals surface area contributed by atoms with E-state index in [4.69, 9.17) is 20.9 Å². The molecular weight excluding hydrogens is 638 g/mol. The van der Waals surface area contributed by atoms with E-state index in [1.165, 1.54) is 28.1 Å². The molecular formula is C23H29N11O9S2. The lowest BCUT2D eigenvalue weighted by Crippen LogP contribution is -2.42. The van der Waals surface area contributed by atoms with Gasteiger partial charge in [-0.3, -0.25) is 18.9 Å². The molecule has 8 atom stereocenters. The molecule has 242 valence electrons. The van der Waals surface area contributed by atoms with Crippen LogP contribution in [0.3, 0.4) is 0 Å². The lowest BCUT2D eigenvalue weighted by Gasteiger charge is -2.23. The number of fused-ring (bicyclic) bond motifs is 5. The highest BCUT2D eigenvalue weighted by Crippen LogP contribution is 2.40. The summed E-state index contributed by atoms with van der Waals surface area (Å²) in [5.74, 6) is -3.92. The van der Waals surface area contributed by atoms with Gasteiger partial charge in [-0.2, -0.15) is 4.98 Å². The number of sulfonamides is 1. The molecule has 0 aromatic carbocycles. The molecule has 22 heteroatoms. The quantitative estimate of drug-likeness (QED) is 0.121. The summed E-state index contributed by atoms with van der Waals surface area (Å²) in [6, 6.07) is 0. The van der Waals surface area contributed by atoms with Gasteiger partial charge in [0.15, 0.2) is 38.7 Å². The lowest BCUT2D eigenvalue weighted by molar-refractivity contribution is -0.0330. The predicted molar refractivity (Wildman–Crippen MR) is 154 cm³/mol. The highest BCUT2D eigenvalue weighted by Gasteiger charge is 2.50. The SMILES string of the molecule is Nc1nc2c(ncn2[C@@H]2O[C@@H]3CCS(=O)(=O)C[C@@H]4C(O)[C@H](n5cnc6c(N)ncnc65)O[C@@H]4CNS(=O)(=O)C[C@H]2C3O)c(=O)[nH]1. The number of ether oxygens (including phenoxy) is 2. The van der Waals surface area contributed by atoms with Crippen LogP contribution < -0.4 is 21.7 Å². The summed E-state index contributed by atoms with van der Waals surface area (Å²) in [5.41, 5.74) is 11.4. The second-order valence-corrected chi connectivity index (χ2v) is 15.4. The number of hydrogen-bond acceptors (Lipinski definition) is 16. The number of aromatic amines is 1. The lowest BCUT2D eigenvalue weighted by atomic mass is 10.0. The van der Waals surface area contributed by atoms with Gasteiger partial charge in [-0.05, 0) is 6.42 Å². The van der Waals surface area contributed by atoms with Gasteiger partial charge in [0.05, 0.1) is 48.2 Å². The van der Waals surface area contributed by atoms with Crippen LogP contribution in [0.1, 0.15) is 18.9 Å². The van der Waals surface area contributed by atoms with Gasteiger partial charge in [0, 0.05) is 18.4 Å². The number of hydrogen-bond donors (Lipinski definition) is 6. The molecule has 3 fully saturated rings. The minimum atomic E-state index is -4.18. The number of sulfone groups is 1. The van der Waals surface area contributed by atoms with Gasteiger partial charge in [-0.25, -0.2) is 41.5 Å². The highest BCUT2D eigenvalue weighted by molar-refractivity contribution is 7.91. The minimum absolute atomic E-state index is 0.000486. The van der Waals surface area contributed by atoms with Crippen molar-refractivity contribution < 1.29 is 36.5 Å². The number of nitrogen functional groups attached to an aromatic ring is 2. The van der Waals surface area contributed by atoms with Gasteiger partial charge in [-0.15, -0.1) is 0 Å². The number of aromatic nitrogens is 8. The first-order valence-corrected chi connectivity index (χ1v) is 17.3. The van der Waals surface area contributed by atoms with E-state index in [1.807, 2.05) is 0 Å². The first kappa shape index (κ1) is 29.9. The summed E-state index contributed by atoms with van der Waals surface area (Å²) in [6.07, 6.45) is -3.75. The molecule has 0 saturated carbocycles. The molecule has 0 aliphatic carbocycles. The van der Waals surface area contributed by atoms with Crippen molar-refractivity contribution in [2.75, 3.05) is 35.3 Å². The highest BCUT2D eigenvalue weighted by atomic mass is 32.2. The zero-order valence-electron chi connectivity index (χ0n) is 23.2. The van der Waals surface area contributed by atoms with E-state index in [9.17, 15) is 31.8 Å². The van der Waals surface area contributed by atoms with Crippen LogP contribution in [0.2, 0.25) is 0 Å². The number of rotatable bonds is 2. The van der Waals surface area contributed by atoms with Crippen LogP contribution in [-0.2, 0) is 29.3 Å². The van der Waals surface area contributed by atoms with Crippen LogP contribution >= 0.6 is 0 Å². The molecule has 7 rings (SSSR count). The van der Waals surface area contributed by atoms with Crippen LogP contribution in [0.15, 0.2) is 23.8 Å². The molecule has 2 bridgehead atoms. The average Bonchev–Trinajstić information content (AvgIpc) is 3.72. The third-order valence-electron chi connectivity index (χ3n) is 8.48. The zero-order valence-corrected chi connectivity index (χ0v) is 24.9. The maximum Gasteiger partial charge on any atom is 0.280 e. The van der Waals surface area contributed by atoms with Gasteiger partial charge >= 0.3 is 0 Å². The van der Waals surface area contributed by atoms with Crippen molar-refractivity contribution in [2.24, 2.45) is 11.8 Å². The number of imidazole rings is 2. The molecule has 0 spiro atoms. The molecule has 0 amide bonds. The number of nitrogens with zero attached hydrogens (tertiary/aromatic N) is 7. The summed E-state index contributed by atoms with van der Waals surface area (Å²) < 4.78 is 70.9. The van der Waals surface area contributed by atoms with Crippen LogP contribution in [0.5, 0.6) is 0 Å². The van der Waals surface area contributed by atoms with Crippen LogP contribution in [0, 0.1) is 11.8 Å². The Morgan fingerprint density at radius 2 is 1.58 bits per heavy atom. The van der Waals surface area contributed by atoms with Gasteiger partial charge in [0.1, 0.15) is 24.2 Å². The molecule has 0 radical (unpaired) electrons. The predicted octanol–water partition coefficient (Wildman–Crippen LogP) is -3.39. The molecule has 3 aliphatic rings. The van der Waals surface area contributed by atoms with E-state index in [1.54, 1.807) is 0 Å². The maximum atomic E-state index is 13.4. The largest absolute Gasteiger partial charge is 0.390 e. The number of anilines is 2. The van der Waals surface area contributed by atoms with E-state index < -0.39 is 91.4 Å². The van der Waals surface area contributed by atoms with Gasteiger partial charge < -0.3 is 31.2 Å². The van der Waals surface area contributed by atoms with Gasteiger partial charge in [0.2, 0.25) is 16.0 Å². The summed E-state index contributed by atoms with van der Waals surface area (Å²) in [5, 5.41) is 22.5. The fourth-order valence-electron chi connectivity index (χ4n) is 6.30. The average molecular weight is 668 g/mol. The fraction of sp³-hybridized carbons (Fsp3) is 0.565. The third kappa shape index (κ3) is 5.20. The molecule has 2 unspecified atom stereocenters. The Morgan fingerprint density at radius 1 is 0.867 bits per heavy atom. The Hall–Kier alpha value is -3.80. The van der Waals surface area contributed by atoms with Crippen LogP contribution in [0.25, 0.3) is 22.3 Å². The summed E-state index contributed by atoms with van der Waals surface area (Å²) in [7, 11) is -8.10. The summed E-state index contributed by atoms with van der Waals surface area (Å²) >= 11 is 0. The number of H-pyrrole nitrogens is 1. The Labute approximate surface area is 253 Å². The van der Waals surface area contributed by atoms with Crippen molar-refractivity contribution in [1.82, 2.24) is 43.8 Å². The fourth-order valence-corrected chi connectivity index (χ4v) is 9.46. The summed E-state index contributed by atoms with van der Waals surface area (Å²) in [4.78, 5) is 35.0. The normalized spacial score (nSPS) is 33.4. The second-order valence-electron chi connectivity index (χ2n) is 11.3. The molecule has 3 saturated heterocycles. The van der Waals surface area contributed by atoms with E-state index in [0.717, 1.165) is 0 Å². The Kier molecular flexibility index (Phi) is 7.07. The number of aliphatic hydroxyl groups excluding tert-OH is 2. The number of nitrogens with one attached hydrogen (secondary N) is 2. The first-order valence-electron chi connectivity index (χ1n) is 13.8. The maximum absolute atomic E-state index is 13.4. The van der Waals surface area contributed by atoms with E-state index >= 15 is 0 Å². The number of nitrogens with two attached hydrogens (primary N) is 2. The van der Waals surface area contributed by atoms with Crippen molar-refractivity contribution in [3.63, 3.8) is 0 Å². The molecule has 7 heterocycles. The van der Waals surface area contributed by atoms with Crippen LogP contribution in [0.4, 0.5) is 11.8 Å². The first-order chi connectivity index (χ1) is 21.3. The molecule has 20 nitrogen and oxygen atoms in total. The van der Waals surface area contributed by atoms with E-state index in [0.29, 0.717) is 0 Å². The smallest absolute Gasteiger partial charge is 0.280 e. The van der Waals surface area contributed by atoms with E-state index in [-0.39, 0.29) is 47.1 Å². The topological polar surface area (TPSA) is 298 Å². The standard InChI is InChI=1S/C23H29N11O9S2/c24-17-13-18(27-6-26-17)33(7-28-13)22-16(36)9-4-44(38,39)2-1-11-15(35)10(5-45(40,41)30-3-12(9)43-22)21(42-11)34-8-29-14-19(34)31-23(25)32-20(14)37/h6-12,15-16,21-22,30,35-36H,1-5H2,(H2,24,26,27)(H3,25,31,32,37)/t9-,10-,11+,12+,15?,16?,21+,22+/m0/s1. The Balaban J connectivity index is 1.21. The molecule has 4 aromatic rings. The zero-order chi connectivity index (χ0) is 31.8. The third-order valence-corrected chi connectivity index (χ3v) is 11.7. The Bertz CT molecular complexity index is 2060. The van der Waals surface area contributed by atoms with Gasteiger partial charge in [-0.1, -0.05) is 0 Å². The molecule has 8 N–H and O–H groups in total. The monoisotopic (exact) mass is 667 g/mol. The molecule has 3 aliphatic heterocycles. The Morgan fingerprint density at radius 3 is 2.36 bits per heavy atom. The van der Waals surface area contributed by atoms with Crippen molar-refractivity contribution in [1.29, 1.82) is 0 Å². The van der Waals surface area contributed by atoms with Crippen molar-refractivity contribution in [3.8, 4) is 0 Å². The van der Waals surface area contributed by atoms with Crippen molar-refractivity contribution in [3.05, 3.63) is 29.3 Å². The van der Waals surface area contributed by atoms with Crippen LogP contribution in [-0.4, -0.2) is 114 Å². The van der Waals surface area contributed by atoms with E-state index in [2.05, 4.69) is 34.6 Å². The van der Waals surface area contributed by atoms with Crippen molar-refractivity contribution in [2.45, 2.75) is 43.3 Å². The number of aliphatic hydroxyl groups is 2. The van der Waals surface area contributed by atoms with Gasteiger partial charge in [0.25, 0.3) is 5.56 Å². The molecule has 45 heavy (non-hydrogen) atoms. The van der Waals surface area contributed by atoms with Crippen molar-refractivity contribution >= 4 is 54.0 Å². The molecule has 4 aromatic heterocycles.